The first-order valence-electron chi connectivity index (χ1n) is 5.19. The minimum atomic E-state index is 0.599. The van der Waals surface area contributed by atoms with E-state index in [1.165, 1.54) is 37.2 Å². The first kappa shape index (κ1) is 8.61. The normalized spacial score (nSPS) is 35.9. The first-order chi connectivity index (χ1) is 6.90. The molecule has 3 heterocycles. The van der Waals surface area contributed by atoms with E-state index in [-0.39, 0.29) is 0 Å². The third-order valence-electron chi connectivity index (χ3n) is 3.16. The molecular weight excluding hydrogens is 196 g/mol. The molecule has 0 aromatic carbocycles. The van der Waals surface area contributed by atoms with E-state index < -0.39 is 0 Å². The topological polar surface area (TPSA) is 49.8 Å². The lowest BCUT2D eigenvalue weighted by atomic mass is 10.0. The number of aromatic nitrogens is 2. The molecule has 2 atom stereocenters. The lowest BCUT2D eigenvalue weighted by Gasteiger charge is -2.29. The van der Waals surface area contributed by atoms with Gasteiger partial charge < -0.3 is 10.6 Å². The second-order valence-electron chi connectivity index (χ2n) is 4.20. The molecular formula is C9H14N4S. The zero-order valence-corrected chi connectivity index (χ0v) is 8.76. The fourth-order valence-electron chi connectivity index (χ4n) is 2.59. The van der Waals surface area contributed by atoms with Gasteiger partial charge in [-0.05, 0) is 25.7 Å². The molecule has 4 nitrogen and oxygen atoms in total. The second-order valence-corrected chi connectivity index (χ2v) is 4.98. The average molecular weight is 210 g/mol. The van der Waals surface area contributed by atoms with Crippen LogP contribution in [0.1, 0.15) is 25.7 Å². The Balaban J connectivity index is 1.64. The van der Waals surface area contributed by atoms with Crippen LogP contribution in [0.15, 0.2) is 6.33 Å². The highest BCUT2D eigenvalue weighted by Crippen LogP contribution is 2.28. The summed E-state index contributed by atoms with van der Waals surface area (Å²) < 4.78 is 3.99. The molecule has 0 spiro atoms. The van der Waals surface area contributed by atoms with Crippen LogP contribution in [0.5, 0.6) is 0 Å². The van der Waals surface area contributed by atoms with E-state index in [0.29, 0.717) is 6.04 Å². The van der Waals surface area contributed by atoms with Gasteiger partial charge in [-0.3, -0.25) is 0 Å². The fraction of sp³-hybridized carbons (Fsp3) is 0.778. The SMILES string of the molecule is c1nsc(NC2CC3CCC(C2)N3)n1. The van der Waals surface area contributed by atoms with E-state index >= 15 is 0 Å². The van der Waals surface area contributed by atoms with Crippen LogP contribution < -0.4 is 10.6 Å². The molecule has 1 aromatic heterocycles. The van der Waals surface area contributed by atoms with Gasteiger partial charge in [0.15, 0.2) is 0 Å². The van der Waals surface area contributed by atoms with E-state index in [9.17, 15) is 0 Å². The van der Waals surface area contributed by atoms with Gasteiger partial charge >= 0.3 is 0 Å². The maximum absolute atomic E-state index is 4.16. The number of hydrogen-bond donors (Lipinski definition) is 2. The van der Waals surface area contributed by atoms with Crippen molar-refractivity contribution in [1.82, 2.24) is 14.7 Å². The number of rotatable bonds is 2. The predicted octanol–water partition coefficient (Wildman–Crippen LogP) is 1.23. The Morgan fingerprint density at radius 2 is 2.14 bits per heavy atom. The van der Waals surface area contributed by atoms with Crippen LogP contribution in [0.4, 0.5) is 5.13 Å². The summed E-state index contributed by atoms with van der Waals surface area (Å²) in [6.45, 7) is 0. The molecule has 2 unspecified atom stereocenters. The Morgan fingerprint density at radius 1 is 1.36 bits per heavy atom. The molecule has 2 bridgehead atoms. The van der Waals surface area contributed by atoms with Gasteiger partial charge in [-0.1, -0.05) is 0 Å². The fourth-order valence-corrected chi connectivity index (χ4v) is 3.09. The Labute approximate surface area is 87.3 Å². The van der Waals surface area contributed by atoms with Gasteiger partial charge in [-0.2, -0.15) is 4.37 Å². The number of fused-ring (bicyclic) bond motifs is 2. The van der Waals surface area contributed by atoms with Gasteiger partial charge in [0.2, 0.25) is 5.13 Å². The molecule has 0 radical (unpaired) electrons. The minimum Gasteiger partial charge on any atom is -0.357 e. The smallest absolute Gasteiger partial charge is 0.202 e. The van der Waals surface area contributed by atoms with Crippen molar-refractivity contribution >= 4 is 16.7 Å². The number of piperidine rings is 1. The molecule has 2 aliphatic heterocycles. The highest BCUT2D eigenvalue weighted by molar-refractivity contribution is 7.09. The monoisotopic (exact) mass is 210 g/mol. The van der Waals surface area contributed by atoms with Gasteiger partial charge in [0.1, 0.15) is 6.33 Å². The van der Waals surface area contributed by atoms with E-state index in [4.69, 9.17) is 0 Å². The largest absolute Gasteiger partial charge is 0.357 e. The lowest BCUT2D eigenvalue weighted by Crippen LogP contribution is -2.43. The highest BCUT2D eigenvalue weighted by Gasteiger charge is 2.33. The molecule has 2 fully saturated rings. The van der Waals surface area contributed by atoms with Crippen LogP contribution >= 0.6 is 11.5 Å². The number of hydrogen-bond acceptors (Lipinski definition) is 5. The van der Waals surface area contributed by atoms with Crippen molar-refractivity contribution in [1.29, 1.82) is 0 Å². The number of anilines is 1. The van der Waals surface area contributed by atoms with Gasteiger partial charge in [-0.15, -0.1) is 0 Å². The average Bonchev–Trinajstić information content (AvgIpc) is 2.77. The minimum absolute atomic E-state index is 0.599. The molecule has 1 aromatic rings. The Morgan fingerprint density at radius 3 is 2.79 bits per heavy atom. The summed E-state index contributed by atoms with van der Waals surface area (Å²) in [7, 11) is 0. The van der Waals surface area contributed by atoms with Crippen molar-refractivity contribution in [2.75, 3.05) is 5.32 Å². The zero-order valence-electron chi connectivity index (χ0n) is 7.94. The maximum Gasteiger partial charge on any atom is 0.202 e. The third kappa shape index (κ3) is 1.62. The standard InChI is InChI=1S/C9H14N4S/c1-2-7-4-8(3-6(1)12-7)13-9-10-5-11-14-9/h5-8,12H,1-4H2,(H,10,11,13). The van der Waals surface area contributed by atoms with Crippen LogP contribution in [0.2, 0.25) is 0 Å². The molecule has 0 saturated carbocycles. The lowest BCUT2D eigenvalue weighted by molar-refractivity contribution is 0.378. The molecule has 2 saturated heterocycles. The van der Waals surface area contributed by atoms with E-state index in [0.717, 1.165) is 17.2 Å². The van der Waals surface area contributed by atoms with Crippen molar-refractivity contribution in [2.24, 2.45) is 0 Å². The highest BCUT2D eigenvalue weighted by atomic mass is 32.1. The quantitative estimate of drug-likeness (QED) is 0.771. The summed E-state index contributed by atoms with van der Waals surface area (Å²) in [5.41, 5.74) is 0. The van der Waals surface area contributed by atoms with Crippen LogP contribution in [-0.2, 0) is 0 Å². The molecule has 2 aliphatic rings. The summed E-state index contributed by atoms with van der Waals surface area (Å²) in [4.78, 5) is 4.16. The van der Waals surface area contributed by atoms with Gasteiger partial charge in [0, 0.05) is 29.7 Å². The van der Waals surface area contributed by atoms with E-state index in [1.54, 1.807) is 6.33 Å². The number of nitrogens with zero attached hydrogens (tertiary/aromatic N) is 2. The number of nitrogens with one attached hydrogen (secondary N) is 2. The van der Waals surface area contributed by atoms with Crippen molar-refractivity contribution in [2.45, 2.75) is 43.8 Å². The Kier molecular flexibility index (Phi) is 2.14. The van der Waals surface area contributed by atoms with Crippen LogP contribution in [0.3, 0.4) is 0 Å². The van der Waals surface area contributed by atoms with E-state index in [2.05, 4.69) is 20.0 Å². The van der Waals surface area contributed by atoms with E-state index in [1.807, 2.05) is 0 Å². The van der Waals surface area contributed by atoms with Crippen molar-refractivity contribution in [3.05, 3.63) is 6.33 Å². The Bertz CT molecular complexity index is 288. The second kappa shape index (κ2) is 3.47. The predicted molar refractivity (Wildman–Crippen MR) is 56.5 cm³/mol. The molecule has 2 N–H and O–H groups in total. The van der Waals surface area contributed by atoms with Crippen LogP contribution in [0.25, 0.3) is 0 Å². The summed E-state index contributed by atoms with van der Waals surface area (Å²) in [6, 6.07) is 2.07. The molecule has 14 heavy (non-hydrogen) atoms. The van der Waals surface area contributed by atoms with Gasteiger partial charge in [-0.25, -0.2) is 4.98 Å². The molecule has 5 heteroatoms. The summed E-state index contributed by atoms with van der Waals surface area (Å²) in [6.07, 6.45) is 6.77. The van der Waals surface area contributed by atoms with Crippen LogP contribution in [-0.4, -0.2) is 27.5 Å². The van der Waals surface area contributed by atoms with Crippen molar-refractivity contribution in [3.63, 3.8) is 0 Å². The van der Waals surface area contributed by atoms with Gasteiger partial charge in [0.05, 0.1) is 0 Å². The summed E-state index contributed by atoms with van der Waals surface area (Å²) in [5.74, 6) is 0. The van der Waals surface area contributed by atoms with Crippen molar-refractivity contribution in [3.8, 4) is 0 Å². The zero-order chi connectivity index (χ0) is 9.38. The third-order valence-corrected chi connectivity index (χ3v) is 3.76. The van der Waals surface area contributed by atoms with Gasteiger partial charge in [0.25, 0.3) is 0 Å². The molecule has 0 amide bonds. The molecule has 76 valence electrons. The molecule has 3 rings (SSSR count). The summed E-state index contributed by atoms with van der Waals surface area (Å²) in [5, 5.41) is 8.06. The van der Waals surface area contributed by atoms with Crippen LogP contribution in [0, 0.1) is 0 Å². The summed E-state index contributed by atoms with van der Waals surface area (Å²) >= 11 is 1.45. The first-order valence-corrected chi connectivity index (χ1v) is 5.97. The molecule has 0 aliphatic carbocycles. The Hall–Kier alpha value is -0.680. The van der Waals surface area contributed by atoms with Crippen molar-refractivity contribution < 1.29 is 0 Å². The maximum atomic E-state index is 4.16.